The Morgan fingerprint density at radius 2 is 2.14 bits per heavy atom. The summed E-state index contributed by atoms with van der Waals surface area (Å²) in [6.07, 6.45) is 4.53. The minimum Gasteiger partial charge on any atom is -0.469 e. The molecule has 0 aliphatic carbocycles. The van der Waals surface area contributed by atoms with Crippen molar-refractivity contribution in [2.75, 3.05) is 53.5 Å². The van der Waals surface area contributed by atoms with Crippen molar-refractivity contribution in [2.24, 2.45) is 10.9 Å². The Hall–Kier alpha value is -1.33. The van der Waals surface area contributed by atoms with Gasteiger partial charge >= 0.3 is 0 Å². The molecule has 0 spiro atoms. The van der Waals surface area contributed by atoms with Crippen molar-refractivity contribution in [3.63, 3.8) is 0 Å². The lowest BCUT2D eigenvalue weighted by atomic mass is 9.90. The number of rotatable bonds is 6. The number of ether oxygens (including phenoxy) is 2. The molecule has 3 heterocycles. The van der Waals surface area contributed by atoms with Gasteiger partial charge in [0.25, 0.3) is 0 Å². The van der Waals surface area contributed by atoms with Gasteiger partial charge in [-0.05, 0) is 31.9 Å². The highest BCUT2D eigenvalue weighted by atomic mass is 127. The van der Waals surface area contributed by atoms with E-state index in [4.69, 9.17) is 13.9 Å². The summed E-state index contributed by atoms with van der Waals surface area (Å²) in [5.41, 5.74) is 0. The Kier molecular flexibility index (Phi) is 9.22. The van der Waals surface area contributed by atoms with E-state index in [-0.39, 0.29) is 42.3 Å². The lowest BCUT2D eigenvalue weighted by Crippen LogP contribution is -2.52. The fraction of sp³-hybridized carbons (Fsp3) is 0.700. The highest BCUT2D eigenvalue weighted by molar-refractivity contribution is 14.0. The fourth-order valence-corrected chi connectivity index (χ4v) is 3.67. The summed E-state index contributed by atoms with van der Waals surface area (Å²) in [6.45, 7) is 5.83. The Balaban J connectivity index is 0.00000300. The van der Waals surface area contributed by atoms with Crippen LogP contribution in [0.15, 0.2) is 27.8 Å². The molecule has 1 atom stereocenters. The number of nitrogens with zero attached hydrogens (tertiary/aromatic N) is 3. The van der Waals surface area contributed by atoms with Gasteiger partial charge in [-0.3, -0.25) is 4.79 Å². The van der Waals surface area contributed by atoms with Gasteiger partial charge in [0.2, 0.25) is 5.91 Å². The standard InChI is InChI=1S/C20H32N4O4.HI/c1-20(27-12-13-28-20)16-6-4-10-24(15-16)19(22-14-18(25)23(2)3)21-9-8-17-7-5-11-26-17;/h5,7,11,16H,4,6,8-10,12-15H2,1-3H3,(H,21,22);1H. The first-order valence-corrected chi connectivity index (χ1v) is 10.0. The van der Waals surface area contributed by atoms with Crippen LogP contribution in [0.4, 0.5) is 0 Å². The fourth-order valence-electron chi connectivity index (χ4n) is 3.67. The molecular formula is C20H33IN4O4. The van der Waals surface area contributed by atoms with Crippen LogP contribution in [0, 0.1) is 5.92 Å². The van der Waals surface area contributed by atoms with Gasteiger partial charge in [-0.2, -0.15) is 0 Å². The molecule has 1 N–H and O–H groups in total. The van der Waals surface area contributed by atoms with Crippen LogP contribution in [0.1, 0.15) is 25.5 Å². The number of halogens is 1. The van der Waals surface area contributed by atoms with Crippen molar-refractivity contribution in [3.8, 4) is 0 Å². The van der Waals surface area contributed by atoms with Crippen LogP contribution in [0.3, 0.4) is 0 Å². The minimum absolute atomic E-state index is 0. The highest BCUT2D eigenvalue weighted by Gasteiger charge is 2.42. The summed E-state index contributed by atoms with van der Waals surface area (Å²) in [7, 11) is 3.49. The highest BCUT2D eigenvalue weighted by Crippen LogP contribution is 2.34. The molecule has 1 aromatic heterocycles. The number of nitrogens with one attached hydrogen (secondary N) is 1. The molecule has 8 nitrogen and oxygen atoms in total. The zero-order valence-corrected chi connectivity index (χ0v) is 19.9. The van der Waals surface area contributed by atoms with E-state index in [9.17, 15) is 4.79 Å². The average molecular weight is 520 g/mol. The number of piperidine rings is 1. The molecule has 2 aliphatic heterocycles. The molecule has 0 radical (unpaired) electrons. The van der Waals surface area contributed by atoms with Gasteiger partial charge in [-0.15, -0.1) is 24.0 Å². The summed E-state index contributed by atoms with van der Waals surface area (Å²) < 4.78 is 17.2. The number of carbonyl (C=O) groups excluding carboxylic acids is 1. The average Bonchev–Trinajstić information content (AvgIpc) is 3.36. The largest absolute Gasteiger partial charge is 0.469 e. The quantitative estimate of drug-likeness (QED) is 0.351. The number of carbonyl (C=O) groups is 1. The van der Waals surface area contributed by atoms with E-state index < -0.39 is 5.79 Å². The maximum atomic E-state index is 12.0. The number of hydrogen-bond acceptors (Lipinski definition) is 5. The summed E-state index contributed by atoms with van der Waals surface area (Å²) >= 11 is 0. The van der Waals surface area contributed by atoms with Gasteiger partial charge in [0.05, 0.1) is 19.5 Å². The number of likely N-dealkylation sites (tertiary alicyclic amines) is 1. The number of aliphatic imine (C=N–C) groups is 1. The molecule has 2 fully saturated rings. The molecule has 0 aromatic carbocycles. The molecule has 2 aliphatic rings. The Morgan fingerprint density at radius 3 is 2.79 bits per heavy atom. The van der Waals surface area contributed by atoms with Gasteiger partial charge in [-0.25, -0.2) is 4.99 Å². The Labute approximate surface area is 190 Å². The second-order valence-electron chi connectivity index (χ2n) is 7.68. The maximum Gasteiger partial charge on any atom is 0.243 e. The molecule has 1 unspecified atom stereocenters. The van der Waals surface area contributed by atoms with E-state index in [1.165, 1.54) is 0 Å². The van der Waals surface area contributed by atoms with Crippen LogP contribution in [0.5, 0.6) is 0 Å². The van der Waals surface area contributed by atoms with E-state index in [0.717, 1.165) is 44.1 Å². The topological polar surface area (TPSA) is 79.5 Å². The van der Waals surface area contributed by atoms with E-state index in [2.05, 4.69) is 15.2 Å². The Bertz CT molecular complexity index is 659. The van der Waals surface area contributed by atoms with Crippen LogP contribution >= 0.6 is 24.0 Å². The van der Waals surface area contributed by atoms with Gasteiger partial charge < -0.3 is 29.0 Å². The molecule has 1 amide bonds. The van der Waals surface area contributed by atoms with Crippen molar-refractivity contribution >= 4 is 35.8 Å². The van der Waals surface area contributed by atoms with Crippen LogP contribution < -0.4 is 5.32 Å². The Morgan fingerprint density at radius 1 is 1.38 bits per heavy atom. The van der Waals surface area contributed by atoms with Crippen molar-refractivity contribution in [3.05, 3.63) is 24.2 Å². The third-order valence-corrected chi connectivity index (χ3v) is 5.42. The number of amides is 1. The number of likely N-dealkylation sites (N-methyl/N-ethyl adjacent to an activating group) is 1. The molecule has 9 heteroatoms. The number of furan rings is 1. The zero-order valence-electron chi connectivity index (χ0n) is 17.6. The van der Waals surface area contributed by atoms with Crippen LogP contribution in [-0.2, 0) is 20.7 Å². The normalized spacial score (nSPS) is 21.6. The van der Waals surface area contributed by atoms with Crippen molar-refractivity contribution in [2.45, 2.75) is 32.0 Å². The third kappa shape index (κ3) is 6.58. The van der Waals surface area contributed by atoms with E-state index in [1.54, 1.807) is 25.3 Å². The van der Waals surface area contributed by atoms with Gasteiger partial charge in [0.15, 0.2) is 11.7 Å². The summed E-state index contributed by atoms with van der Waals surface area (Å²) in [4.78, 5) is 20.4. The van der Waals surface area contributed by atoms with Crippen molar-refractivity contribution in [1.29, 1.82) is 0 Å². The van der Waals surface area contributed by atoms with E-state index in [1.807, 2.05) is 19.1 Å². The number of hydrogen-bond donors (Lipinski definition) is 1. The van der Waals surface area contributed by atoms with Crippen LogP contribution in [-0.4, -0.2) is 80.9 Å². The monoisotopic (exact) mass is 520 g/mol. The summed E-state index contributed by atoms with van der Waals surface area (Å²) in [5.74, 6) is 1.40. The molecule has 2 saturated heterocycles. The number of guanidine groups is 1. The van der Waals surface area contributed by atoms with Crippen LogP contribution in [0.25, 0.3) is 0 Å². The molecule has 29 heavy (non-hydrogen) atoms. The molecule has 0 saturated carbocycles. The first-order valence-electron chi connectivity index (χ1n) is 10.0. The maximum absolute atomic E-state index is 12.0. The van der Waals surface area contributed by atoms with Crippen LogP contribution in [0.2, 0.25) is 0 Å². The van der Waals surface area contributed by atoms with E-state index in [0.29, 0.717) is 19.8 Å². The summed E-state index contributed by atoms with van der Waals surface area (Å²) in [5, 5.41) is 3.41. The third-order valence-electron chi connectivity index (χ3n) is 5.42. The van der Waals surface area contributed by atoms with Crippen molar-refractivity contribution < 1.29 is 18.7 Å². The molecule has 1 aromatic rings. The zero-order chi connectivity index (χ0) is 20.0. The molecule has 3 rings (SSSR count). The minimum atomic E-state index is -0.530. The van der Waals surface area contributed by atoms with Gasteiger partial charge in [-0.1, -0.05) is 0 Å². The van der Waals surface area contributed by atoms with Gasteiger partial charge in [0, 0.05) is 46.1 Å². The van der Waals surface area contributed by atoms with E-state index >= 15 is 0 Å². The lowest BCUT2D eigenvalue weighted by Gasteiger charge is -2.41. The predicted molar refractivity (Wildman–Crippen MR) is 121 cm³/mol. The molecule has 164 valence electrons. The predicted octanol–water partition coefficient (Wildman–Crippen LogP) is 1.95. The molecular weight excluding hydrogens is 487 g/mol. The molecule has 0 bridgehead atoms. The SMILES string of the molecule is CN(C)C(=O)CN=C(NCCc1ccco1)N1CCCC(C2(C)OCCO2)C1.I. The summed E-state index contributed by atoms with van der Waals surface area (Å²) in [6, 6.07) is 3.85. The first-order chi connectivity index (χ1) is 13.5. The smallest absolute Gasteiger partial charge is 0.243 e. The second-order valence-corrected chi connectivity index (χ2v) is 7.68. The van der Waals surface area contributed by atoms with Gasteiger partial charge in [0.1, 0.15) is 12.3 Å². The lowest BCUT2D eigenvalue weighted by molar-refractivity contribution is -0.189. The first kappa shape index (κ1) is 23.9. The second kappa shape index (κ2) is 11.2. The van der Waals surface area contributed by atoms with Crippen molar-refractivity contribution in [1.82, 2.24) is 15.1 Å².